The van der Waals surface area contributed by atoms with Gasteiger partial charge in [0.25, 0.3) is 0 Å². The molecule has 1 aliphatic rings. The Morgan fingerprint density at radius 1 is 1.32 bits per heavy atom. The Morgan fingerprint density at radius 2 is 2.08 bits per heavy atom. The van der Waals surface area contributed by atoms with Crippen molar-refractivity contribution in [2.75, 3.05) is 0 Å². The van der Waals surface area contributed by atoms with E-state index in [0.717, 1.165) is 30.3 Å². The van der Waals surface area contributed by atoms with E-state index in [1.807, 2.05) is 35.5 Å². The second-order valence-corrected chi connectivity index (χ2v) is 7.67. The molecule has 1 heterocycles. The highest BCUT2D eigenvalue weighted by Crippen LogP contribution is 2.36. The number of para-hydroxylation sites is 1. The zero-order valence-corrected chi connectivity index (χ0v) is 15.7. The highest BCUT2D eigenvalue weighted by molar-refractivity contribution is 5.89. The van der Waals surface area contributed by atoms with Gasteiger partial charge in [0.15, 0.2) is 0 Å². The molecule has 1 aromatic carbocycles. The number of amides is 1. The molecule has 3 nitrogen and oxygen atoms in total. The minimum Gasteiger partial charge on any atom is -0.361 e. The molecule has 25 heavy (non-hydrogen) atoms. The monoisotopic (exact) mass is 336 g/mol. The van der Waals surface area contributed by atoms with Crippen molar-refractivity contribution in [3.63, 3.8) is 0 Å². The van der Waals surface area contributed by atoms with Gasteiger partial charge in [-0.15, -0.1) is 0 Å². The molecule has 1 N–H and O–H groups in total. The Balaban J connectivity index is 1.87. The van der Waals surface area contributed by atoms with Gasteiger partial charge in [-0.25, -0.2) is 0 Å². The summed E-state index contributed by atoms with van der Waals surface area (Å²) in [6.45, 7) is 8.23. The number of H-pyrrole nitrogens is 1. The first kappa shape index (κ1) is 17.5. The number of nitrogens with one attached hydrogen (secondary N) is 1. The number of carbonyl (C=O) groups excluding carboxylic acids is 1. The fraction of sp³-hybridized carbons (Fsp3) is 0.409. The van der Waals surface area contributed by atoms with Crippen LogP contribution in [0.5, 0.6) is 0 Å². The van der Waals surface area contributed by atoms with Crippen molar-refractivity contribution in [2.24, 2.45) is 5.92 Å². The van der Waals surface area contributed by atoms with Gasteiger partial charge >= 0.3 is 0 Å². The molecule has 132 valence electrons. The summed E-state index contributed by atoms with van der Waals surface area (Å²) in [6.07, 6.45) is 11.7. The summed E-state index contributed by atoms with van der Waals surface area (Å²) < 4.78 is 0. The molecule has 0 aliphatic heterocycles. The van der Waals surface area contributed by atoms with Crippen molar-refractivity contribution in [3.8, 4) is 0 Å². The lowest BCUT2D eigenvalue weighted by atomic mass is 9.76. The molecule has 0 bridgehead atoms. The van der Waals surface area contributed by atoms with Crippen LogP contribution >= 0.6 is 0 Å². The van der Waals surface area contributed by atoms with Gasteiger partial charge in [0.1, 0.15) is 0 Å². The first-order valence-electron chi connectivity index (χ1n) is 9.09. The van der Waals surface area contributed by atoms with Gasteiger partial charge in [-0.1, -0.05) is 29.8 Å². The molecule has 3 rings (SSSR count). The maximum atomic E-state index is 12.4. The van der Waals surface area contributed by atoms with Gasteiger partial charge in [0.2, 0.25) is 5.91 Å². The number of allylic oxidation sites excluding steroid dienone is 2. The molecule has 1 aromatic heterocycles. The lowest BCUT2D eigenvalue weighted by Crippen LogP contribution is -2.49. The summed E-state index contributed by atoms with van der Waals surface area (Å²) in [5, 5.41) is 1.18. The third kappa shape index (κ3) is 3.55. The van der Waals surface area contributed by atoms with E-state index in [9.17, 15) is 4.79 Å². The van der Waals surface area contributed by atoms with E-state index in [0.29, 0.717) is 5.92 Å². The predicted octanol–water partition coefficient (Wildman–Crippen LogP) is 5.51. The van der Waals surface area contributed by atoms with E-state index in [-0.39, 0.29) is 11.4 Å². The summed E-state index contributed by atoms with van der Waals surface area (Å²) in [6, 6.07) is 8.23. The lowest BCUT2D eigenvalue weighted by molar-refractivity contribution is -0.132. The summed E-state index contributed by atoms with van der Waals surface area (Å²) >= 11 is 0. The molecule has 0 saturated heterocycles. The number of aromatic nitrogens is 1. The van der Waals surface area contributed by atoms with Gasteiger partial charge in [-0.05, 0) is 58.1 Å². The van der Waals surface area contributed by atoms with E-state index in [1.54, 1.807) is 6.92 Å². The number of carbonyl (C=O) groups is 1. The van der Waals surface area contributed by atoms with Crippen molar-refractivity contribution in [1.82, 2.24) is 9.88 Å². The number of fused-ring (bicyclic) bond motifs is 1. The van der Waals surface area contributed by atoms with Crippen LogP contribution in [0.1, 0.15) is 52.5 Å². The smallest absolute Gasteiger partial charge is 0.223 e. The van der Waals surface area contributed by atoms with Gasteiger partial charge in [0, 0.05) is 41.3 Å². The standard InChI is InChI=1S/C22H28N2O/c1-16-9-11-19(12-10-16)22(3,4)24(17(2)25)14-13-18-15-23-21-8-6-5-7-20(18)21/h5-9,13-15,19,23H,10-12H2,1-4H3/b14-13+. The van der Waals surface area contributed by atoms with Crippen LogP contribution < -0.4 is 0 Å². The Morgan fingerprint density at radius 3 is 2.76 bits per heavy atom. The van der Waals surface area contributed by atoms with Crippen LogP contribution in [0.15, 0.2) is 48.3 Å². The van der Waals surface area contributed by atoms with Crippen molar-refractivity contribution < 1.29 is 4.79 Å². The minimum absolute atomic E-state index is 0.0902. The zero-order chi connectivity index (χ0) is 18.0. The fourth-order valence-corrected chi connectivity index (χ4v) is 3.89. The van der Waals surface area contributed by atoms with Gasteiger partial charge in [0.05, 0.1) is 0 Å². The van der Waals surface area contributed by atoms with Gasteiger partial charge in [-0.2, -0.15) is 0 Å². The third-order valence-electron chi connectivity index (χ3n) is 5.62. The second-order valence-electron chi connectivity index (χ2n) is 7.67. The van der Waals surface area contributed by atoms with Crippen molar-refractivity contribution in [2.45, 2.75) is 52.5 Å². The average molecular weight is 336 g/mol. The summed E-state index contributed by atoms with van der Waals surface area (Å²) in [5.74, 6) is 0.570. The highest BCUT2D eigenvalue weighted by Gasteiger charge is 2.36. The number of benzene rings is 1. The van der Waals surface area contributed by atoms with Crippen LogP contribution in [0.4, 0.5) is 0 Å². The molecule has 3 heteroatoms. The Hall–Kier alpha value is -2.29. The van der Waals surface area contributed by atoms with E-state index >= 15 is 0 Å². The Bertz CT molecular complexity index is 825. The van der Waals surface area contributed by atoms with E-state index in [4.69, 9.17) is 0 Å². The topological polar surface area (TPSA) is 36.1 Å². The molecule has 0 saturated carbocycles. The van der Waals surface area contributed by atoms with Crippen molar-refractivity contribution in [3.05, 3.63) is 53.9 Å². The maximum absolute atomic E-state index is 12.4. The SMILES string of the molecule is CC(=O)N(/C=C/c1c[nH]c2ccccc12)C(C)(C)C1CC=C(C)CC1. The normalized spacial score (nSPS) is 18.6. The zero-order valence-electron chi connectivity index (χ0n) is 15.7. The van der Waals surface area contributed by atoms with Crippen molar-refractivity contribution >= 4 is 22.9 Å². The van der Waals surface area contributed by atoms with Crippen LogP contribution in [-0.4, -0.2) is 21.3 Å². The van der Waals surface area contributed by atoms with Gasteiger partial charge in [-0.3, -0.25) is 4.79 Å². The Labute approximate surface area is 150 Å². The summed E-state index contributed by atoms with van der Waals surface area (Å²) in [4.78, 5) is 17.6. The number of hydrogen-bond donors (Lipinski definition) is 1. The quantitative estimate of drug-likeness (QED) is 0.734. The molecule has 0 radical (unpaired) electrons. The van der Waals surface area contributed by atoms with Crippen LogP contribution in [0.25, 0.3) is 17.0 Å². The molecule has 0 spiro atoms. The first-order valence-corrected chi connectivity index (χ1v) is 9.09. The number of nitrogens with zero attached hydrogens (tertiary/aromatic N) is 1. The number of aromatic amines is 1. The molecule has 1 aliphatic carbocycles. The van der Waals surface area contributed by atoms with E-state index in [1.165, 1.54) is 11.0 Å². The largest absolute Gasteiger partial charge is 0.361 e. The minimum atomic E-state index is -0.203. The molecular weight excluding hydrogens is 308 g/mol. The number of hydrogen-bond acceptors (Lipinski definition) is 1. The van der Waals surface area contributed by atoms with Crippen LogP contribution in [0.3, 0.4) is 0 Å². The van der Waals surface area contributed by atoms with E-state index in [2.05, 4.69) is 44.0 Å². The molecule has 1 unspecified atom stereocenters. The molecular formula is C22H28N2O. The van der Waals surface area contributed by atoms with Crippen molar-refractivity contribution in [1.29, 1.82) is 0 Å². The fourth-order valence-electron chi connectivity index (χ4n) is 3.89. The molecule has 1 atom stereocenters. The van der Waals surface area contributed by atoms with Crippen LogP contribution in [0.2, 0.25) is 0 Å². The number of rotatable bonds is 4. The second kappa shape index (κ2) is 6.91. The third-order valence-corrected chi connectivity index (χ3v) is 5.62. The average Bonchev–Trinajstić information content (AvgIpc) is 2.98. The molecule has 0 fully saturated rings. The Kier molecular flexibility index (Phi) is 4.85. The maximum Gasteiger partial charge on any atom is 0.223 e. The molecule has 1 amide bonds. The van der Waals surface area contributed by atoms with E-state index < -0.39 is 0 Å². The predicted molar refractivity (Wildman–Crippen MR) is 105 cm³/mol. The van der Waals surface area contributed by atoms with Crippen LogP contribution in [0, 0.1) is 5.92 Å². The first-order chi connectivity index (χ1) is 11.9. The highest BCUT2D eigenvalue weighted by atomic mass is 16.2. The van der Waals surface area contributed by atoms with Crippen LogP contribution in [-0.2, 0) is 4.79 Å². The summed E-state index contributed by atoms with van der Waals surface area (Å²) in [5.41, 5.74) is 3.49. The van der Waals surface area contributed by atoms with Gasteiger partial charge < -0.3 is 9.88 Å². The summed E-state index contributed by atoms with van der Waals surface area (Å²) in [7, 11) is 0. The lowest BCUT2D eigenvalue weighted by Gasteiger charge is -2.43. The molecule has 2 aromatic rings.